The van der Waals surface area contributed by atoms with Crippen LogP contribution in [0.25, 0.3) is 0 Å². The van der Waals surface area contributed by atoms with Crippen LogP contribution in [0.2, 0.25) is 6.04 Å². The Labute approximate surface area is 85.4 Å². The number of rotatable bonds is 5. The van der Waals surface area contributed by atoms with Crippen LogP contribution in [0.5, 0.6) is 0 Å². The van der Waals surface area contributed by atoms with E-state index in [0.29, 0.717) is 0 Å². The summed E-state index contributed by atoms with van der Waals surface area (Å²) in [6.07, 6.45) is 2.59. The summed E-state index contributed by atoms with van der Waals surface area (Å²) in [5, 5.41) is 1.46. The van der Waals surface area contributed by atoms with Gasteiger partial charge in [-0.2, -0.15) is 0 Å². The molecular formula is C10H18OSi2. The molecule has 0 saturated carbocycles. The summed E-state index contributed by atoms with van der Waals surface area (Å²) in [5.41, 5.74) is 0. The normalized spacial score (nSPS) is 13.0. The first-order chi connectivity index (χ1) is 6.38. The van der Waals surface area contributed by atoms with Crippen molar-refractivity contribution in [2.45, 2.75) is 25.8 Å². The maximum atomic E-state index is 5.72. The molecule has 0 amide bonds. The van der Waals surface area contributed by atoms with E-state index in [9.17, 15) is 0 Å². The van der Waals surface area contributed by atoms with Crippen LogP contribution in [0.15, 0.2) is 30.3 Å². The average Bonchev–Trinajstić information content (AvgIpc) is 2.21. The Bertz CT molecular complexity index is 226. The van der Waals surface area contributed by atoms with E-state index in [-0.39, 0.29) is 0 Å². The molecule has 0 aromatic heterocycles. The van der Waals surface area contributed by atoms with Gasteiger partial charge in [-0.25, -0.2) is 0 Å². The summed E-state index contributed by atoms with van der Waals surface area (Å²) in [6.45, 7) is 2.24. The summed E-state index contributed by atoms with van der Waals surface area (Å²) in [5.74, 6) is 0. The Hall–Kier alpha value is -0.386. The molecule has 0 radical (unpaired) electrons. The van der Waals surface area contributed by atoms with Crippen molar-refractivity contribution < 1.29 is 4.12 Å². The molecule has 0 bridgehead atoms. The quantitative estimate of drug-likeness (QED) is 0.651. The molecule has 0 saturated heterocycles. The molecule has 0 spiro atoms. The standard InChI is InChI=1S/C10H18OSi2/c1-2-3-9-13(11-12)10-7-5-4-6-8-10/h4-8,13H,2-3,9H2,1,12H3. The van der Waals surface area contributed by atoms with Crippen molar-refractivity contribution in [1.82, 2.24) is 0 Å². The highest BCUT2D eigenvalue weighted by molar-refractivity contribution is 6.69. The van der Waals surface area contributed by atoms with Gasteiger partial charge in [0, 0.05) is 0 Å². The van der Waals surface area contributed by atoms with Crippen molar-refractivity contribution in [2.75, 3.05) is 0 Å². The van der Waals surface area contributed by atoms with E-state index in [1.54, 1.807) is 0 Å². The van der Waals surface area contributed by atoms with Crippen LogP contribution in [0.1, 0.15) is 19.8 Å². The molecular weight excluding hydrogens is 192 g/mol. The third kappa shape index (κ3) is 3.46. The second kappa shape index (κ2) is 6.13. The second-order valence-electron chi connectivity index (χ2n) is 3.28. The number of hydrogen-bond acceptors (Lipinski definition) is 1. The summed E-state index contributed by atoms with van der Waals surface area (Å²) in [7, 11) is -0.142. The largest absolute Gasteiger partial charge is 0.462 e. The van der Waals surface area contributed by atoms with E-state index in [2.05, 4.69) is 37.3 Å². The molecule has 1 aromatic carbocycles. The number of unbranched alkanes of at least 4 members (excludes halogenated alkanes) is 1. The first-order valence-corrected chi connectivity index (χ1v) is 7.64. The van der Waals surface area contributed by atoms with E-state index in [1.165, 1.54) is 24.1 Å². The molecule has 0 fully saturated rings. The summed E-state index contributed by atoms with van der Waals surface area (Å²) in [6, 6.07) is 12.0. The van der Waals surface area contributed by atoms with E-state index in [1.807, 2.05) is 0 Å². The fourth-order valence-electron chi connectivity index (χ4n) is 1.48. The van der Waals surface area contributed by atoms with Gasteiger partial charge in [0.15, 0.2) is 9.04 Å². The molecule has 72 valence electrons. The lowest BCUT2D eigenvalue weighted by Gasteiger charge is -2.13. The van der Waals surface area contributed by atoms with Crippen LogP contribution in [0, 0.1) is 0 Å². The van der Waals surface area contributed by atoms with Crippen LogP contribution >= 0.6 is 0 Å². The van der Waals surface area contributed by atoms with Crippen LogP contribution < -0.4 is 5.19 Å². The molecule has 0 aliphatic rings. The minimum absolute atomic E-state index is 0.886. The molecule has 0 heterocycles. The first-order valence-electron chi connectivity index (χ1n) is 4.96. The zero-order valence-electron chi connectivity index (χ0n) is 8.49. The monoisotopic (exact) mass is 210 g/mol. The van der Waals surface area contributed by atoms with Gasteiger partial charge in [0.25, 0.3) is 0 Å². The molecule has 0 aliphatic heterocycles. The number of hydrogen-bond donors (Lipinski definition) is 0. The highest BCUT2D eigenvalue weighted by Crippen LogP contribution is 2.02. The lowest BCUT2D eigenvalue weighted by Crippen LogP contribution is -2.32. The fraction of sp³-hybridized carbons (Fsp3) is 0.400. The van der Waals surface area contributed by atoms with E-state index in [0.717, 1.165) is 10.5 Å². The minimum Gasteiger partial charge on any atom is -0.462 e. The lowest BCUT2D eigenvalue weighted by molar-refractivity contribution is 0.634. The van der Waals surface area contributed by atoms with Crippen LogP contribution in [0.3, 0.4) is 0 Å². The summed E-state index contributed by atoms with van der Waals surface area (Å²) < 4.78 is 5.72. The topological polar surface area (TPSA) is 9.23 Å². The average molecular weight is 210 g/mol. The predicted octanol–water partition coefficient (Wildman–Crippen LogP) is 0.714. The third-order valence-electron chi connectivity index (χ3n) is 2.28. The van der Waals surface area contributed by atoms with E-state index in [4.69, 9.17) is 4.12 Å². The van der Waals surface area contributed by atoms with Crippen molar-refractivity contribution in [2.24, 2.45) is 0 Å². The van der Waals surface area contributed by atoms with Gasteiger partial charge in [0.1, 0.15) is 10.5 Å². The Kier molecular flexibility index (Phi) is 5.04. The van der Waals surface area contributed by atoms with Gasteiger partial charge in [-0.15, -0.1) is 0 Å². The zero-order valence-corrected chi connectivity index (χ0v) is 11.6. The Morgan fingerprint density at radius 3 is 2.54 bits per heavy atom. The first kappa shape index (κ1) is 10.7. The third-order valence-corrected chi connectivity index (χ3v) is 6.61. The van der Waals surface area contributed by atoms with Gasteiger partial charge < -0.3 is 4.12 Å². The second-order valence-corrected chi connectivity index (χ2v) is 7.38. The van der Waals surface area contributed by atoms with E-state index < -0.39 is 9.04 Å². The molecule has 0 aliphatic carbocycles. The van der Waals surface area contributed by atoms with Gasteiger partial charge >= 0.3 is 0 Å². The van der Waals surface area contributed by atoms with Gasteiger partial charge in [-0.05, 0) is 11.2 Å². The molecule has 1 aromatic rings. The Balaban J connectivity index is 2.56. The van der Waals surface area contributed by atoms with Crippen LogP contribution in [-0.4, -0.2) is 19.5 Å². The molecule has 1 unspecified atom stereocenters. The van der Waals surface area contributed by atoms with Crippen molar-refractivity contribution in [3.05, 3.63) is 30.3 Å². The smallest absolute Gasteiger partial charge is 0.194 e. The minimum atomic E-state index is -1.03. The maximum Gasteiger partial charge on any atom is 0.194 e. The highest BCUT2D eigenvalue weighted by atomic mass is 28.3. The number of benzene rings is 1. The van der Waals surface area contributed by atoms with Crippen molar-refractivity contribution in [3.8, 4) is 0 Å². The van der Waals surface area contributed by atoms with Crippen LogP contribution in [-0.2, 0) is 4.12 Å². The maximum absolute atomic E-state index is 5.72. The molecule has 0 N–H and O–H groups in total. The predicted molar refractivity (Wildman–Crippen MR) is 64.0 cm³/mol. The Morgan fingerprint density at radius 2 is 2.00 bits per heavy atom. The van der Waals surface area contributed by atoms with Gasteiger partial charge in [-0.1, -0.05) is 50.1 Å². The van der Waals surface area contributed by atoms with Gasteiger partial charge in [-0.3, -0.25) is 0 Å². The van der Waals surface area contributed by atoms with Crippen LogP contribution in [0.4, 0.5) is 0 Å². The molecule has 1 rings (SSSR count). The Morgan fingerprint density at radius 1 is 1.31 bits per heavy atom. The van der Waals surface area contributed by atoms with Crippen molar-refractivity contribution in [1.29, 1.82) is 0 Å². The SMILES string of the molecule is CCCC[SiH](O[SiH3])c1ccccc1. The molecule has 1 atom stereocenters. The van der Waals surface area contributed by atoms with Crippen molar-refractivity contribution in [3.63, 3.8) is 0 Å². The lowest BCUT2D eigenvalue weighted by atomic mass is 10.4. The van der Waals surface area contributed by atoms with Crippen molar-refractivity contribution >= 4 is 24.7 Å². The van der Waals surface area contributed by atoms with E-state index >= 15 is 0 Å². The summed E-state index contributed by atoms with van der Waals surface area (Å²) >= 11 is 0. The zero-order chi connectivity index (χ0) is 9.52. The highest BCUT2D eigenvalue weighted by Gasteiger charge is 2.10. The van der Waals surface area contributed by atoms with Gasteiger partial charge in [0.05, 0.1) is 0 Å². The van der Waals surface area contributed by atoms with Gasteiger partial charge in [0.2, 0.25) is 0 Å². The molecule has 1 nitrogen and oxygen atoms in total. The fourth-order valence-corrected chi connectivity index (χ4v) is 5.27. The molecule has 13 heavy (non-hydrogen) atoms. The molecule has 3 heteroatoms. The summed E-state index contributed by atoms with van der Waals surface area (Å²) in [4.78, 5) is 0.